The summed E-state index contributed by atoms with van der Waals surface area (Å²) in [7, 11) is 0. The minimum Gasteiger partial charge on any atom is -0.325 e. The van der Waals surface area contributed by atoms with Gasteiger partial charge >= 0.3 is 0 Å². The van der Waals surface area contributed by atoms with Crippen molar-refractivity contribution in [2.45, 2.75) is 26.2 Å². The third kappa shape index (κ3) is 2.84. The summed E-state index contributed by atoms with van der Waals surface area (Å²) in [5, 5.41) is 5.56. The first kappa shape index (κ1) is 11.6. The lowest BCUT2D eigenvalue weighted by atomic mass is 9.85. The van der Waals surface area contributed by atoms with Crippen LogP contribution in [0.1, 0.15) is 26.2 Å². The van der Waals surface area contributed by atoms with Crippen LogP contribution in [-0.2, 0) is 9.59 Å². The maximum atomic E-state index is 11.8. The van der Waals surface area contributed by atoms with E-state index in [1.807, 2.05) is 12.1 Å². The van der Waals surface area contributed by atoms with E-state index in [-0.39, 0.29) is 17.7 Å². The van der Waals surface area contributed by atoms with Gasteiger partial charge in [0.2, 0.25) is 11.8 Å². The molecule has 0 spiro atoms. The third-order valence-corrected chi connectivity index (χ3v) is 2.97. The van der Waals surface area contributed by atoms with Crippen LogP contribution in [0.3, 0.4) is 0 Å². The first-order valence-corrected chi connectivity index (χ1v) is 5.84. The largest absolute Gasteiger partial charge is 0.325 e. The van der Waals surface area contributed by atoms with E-state index in [1.54, 1.807) is 12.1 Å². The molecule has 0 aliphatic heterocycles. The Kier molecular flexibility index (Phi) is 3.42. The molecular formula is C13H16N2O2. The Balaban J connectivity index is 2.08. The lowest BCUT2D eigenvalue weighted by molar-refractivity contribution is -0.122. The van der Waals surface area contributed by atoms with E-state index in [1.165, 1.54) is 6.92 Å². The van der Waals surface area contributed by atoms with E-state index in [0.29, 0.717) is 11.4 Å². The van der Waals surface area contributed by atoms with Gasteiger partial charge in [-0.15, -0.1) is 0 Å². The highest BCUT2D eigenvalue weighted by atomic mass is 16.2. The number of nitrogens with one attached hydrogen (secondary N) is 2. The third-order valence-electron chi connectivity index (χ3n) is 2.97. The van der Waals surface area contributed by atoms with Gasteiger partial charge in [-0.3, -0.25) is 9.59 Å². The van der Waals surface area contributed by atoms with E-state index >= 15 is 0 Å². The molecular weight excluding hydrogens is 216 g/mol. The number of rotatable bonds is 3. The minimum atomic E-state index is -0.143. The number of hydrogen-bond acceptors (Lipinski definition) is 2. The van der Waals surface area contributed by atoms with Crippen molar-refractivity contribution < 1.29 is 9.59 Å². The van der Waals surface area contributed by atoms with E-state index in [9.17, 15) is 9.59 Å². The Morgan fingerprint density at radius 1 is 1.12 bits per heavy atom. The van der Waals surface area contributed by atoms with Gasteiger partial charge in [0.25, 0.3) is 0 Å². The fourth-order valence-corrected chi connectivity index (χ4v) is 1.80. The average Bonchev–Trinajstić information content (AvgIpc) is 2.17. The van der Waals surface area contributed by atoms with Crippen LogP contribution >= 0.6 is 0 Å². The summed E-state index contributed by atoms with van der Waals surface area (Å²) in [4.78, 5) is 22.8. The summed E-state index contributed by atoms with van der Waals surface area (Å²) in [6.07, 6.45) is 3.06. The van der Waals surface area contributed by atoms with Gasteiger partial charge in [0.15, 0.2) is 0 Å². The molecule has 2 amide bonds. The molecule has 1 aromatic carbocycles. The lowest BCUT2D eigenvalue weighted by Gasteiger charge is -2.24. The summed E-state index contributed by atoms with van der Waals surface area (Å²) in [6.45, 7) is 1.45. The molecule has 0 heterocycles. The molecule has 1 aliphatic carbocycles. The molecule has 2 N–H and O–H groups in total. The van der Waals surface area contributed by atoms with Crippen LogP contribution in [0.2, 0.25) is 0 Å². The quantitative estimate of drug-likeness (QED) is 0.840. The Labute approximate surface area is 100 Å². The highest BCUT2D eigenvalue weighted by Gasteiger charge is 2.25. The van der Waals surface area contributed by atoms with Crippen molar-refractivity contribution in [3.05, 3.63) is 24.3 Å². The molecule has 4 heteroatoms. The fourth-order valence-electron chi connectivity index (χ4n) is 1.80. The van der Waals surface area contributed by atoms with Crippen LogP contribution in [0.4, 0.5) is 11.4 Å². The van der Waals surface area contributed by atoms with E-state index in [2.05, 4.69) is 10.6 Å². The zero-order valence-corrected chi connectivity index (χ0v) is 9.82. The number of benzene rings is 1. The van der Waals surface area contributed by atoms with Gasteiger partial charge in [-0.1, -0.05) is 18.6 Å². The number of anilines is 2. The lowest BCUT2D eigenvalue weighted by Crippen LogP contribution is -2.28. The second kappa shape index (κ2) is 4.99. The predicted octanol–water partition coefficient (Wildman–Crippen LogP) is 2.38. The van der Waals surface area contributed by atoms with Crippen LogP contribution < -0.4 is 10.6 Å². The normalized spacial score (nSPS) is 14.9. The Bertz CT molecular complexity index is 439. The zero-order chi connectivity index (χ0) is 12.3. The second-order valence-corrected chi connectivity index (χ2v) is 4.34. The summed E-state index contributed by atoms with van der Waals surface area (Å²) < 4.78 is 0. The van der Waals surface area contributed by atoms with Crippen LogP contribution in [0.15, 0.2) is 24.3 Å². The summed E-state index contributed by atoms with van der Waals surface area (Å²) in [5.41, 5.74) is 1.31. The molecule has 2 rings (SSSR count). The molecule has 17 heavy (non-hydrogen) atoms. The minimum absolute atomic E-state index is 0.0500. The van der Waals surface area contributed by atoms with Crippen molar-refractivity contribution in [3.8, 4) is 0 Å². The van der Waals surface area contributed by atoms with Gasteiger partial charge in [-0.25, -0.2) is 0 Å². The molecule has 1 aliphatic rings. The van der Waals surface area contributed by atoms with Crippen molar-refractivity contribution in [1.29, 1.82) is 0 Å². The van der Waals surface area contributed by atoms with Crippen molar-refractivity contribution in [3.63, 3.8) is 0 Å². The van der Waals surface area contributed by atoms with Crippen LogP contribution in [-0.4, -0.2) is 11.8 Å². The predicted molar refractivity (Wildman–Crippen MR) is 66.7 cm³/mol. The topological polar surface area (TPSA) is 58.2 Å². The number of hydrogen-bond donors (Lipinski definition) is 2. The molecule has 1 fully saturated rings. The van der Waals surface area contributed by atoms with Crippen LogP contribution in [0.25, 0.3) is 0 Å². The van der Waals surface area contributed by atoms with Crippen LogP contribution in [0, 0.1) is 5.92 Å². The monoisotopic (exact) mass is 232 g/mol. The standard InChI is InChI=1S/C13H16N2O2/c1-9(16)14-11-7-2-3-8-12(11)15-13(17)10-5-4-6-10/h2-3,7-8,10H,4-6H2,1H3,(H,14,16)(H,15,17). The molecule has 90 valence electrons. The van der Waals surface area contributed by atoms with E-state index < -0.39 is 0 Å². The molecule has 0 radical (unpaired) electrons. The average molecular weight is 232 g/mol. The van der Waals surface area contributed by atoms with Gasteiger partial charge in [-0.05, 0) is 25.0 Å². The molecule has 0 saturated heterocycles. The molecule has 0 bridgehead atoms. The molecule has 0 atom stereocenters. The van der Waals surface area contributed by atoms with Crippen LogP contribution in [0.5, 0.6) is 0 Å². The number of carbonyl (C=O) groups excluding carboxylic acids is 2. The number of carbonyl (C=O) groups is 2. The molecule has 0 unspecified atom stereocenters. The molecule has 4 nitrogen and oxygen atoms in total. The van der Waals surface area contributed by atoms with E-state index in [4.69, 9.17) is 0 Å². The Hall–Kier alpha value is -1.84. The van der Waals surface area contributed by atoms with Crippen molar-refractivity contribution in [2.24, 2.45) is 5.92 Å². The van der Waals surface area contributed by atoms with Gasteiger partial charge in [-0.2, -0.15) is 0 Å². The van der Waals surface area contributed by atoms with Gasteiger partial charge in [0, 0.05) is 12.8 Å². The second-order valence-electron chi connectivity index (χ2n) is 4.34. The Morgan fingerprint density at radius 3 is 2.18 bits per heavy atom. The highest BCUT2D eigenvalue weighted by molar-refractivity contribution is 5.99. The molecule has 1 saturated carbocycles. The maximum absolute atomic E-state index is 11.8. The molecule has 0 aromatic heterocycles. The first-order chi connectivity index (χ1) is 8.16. The van der Waals surface area contributed by atoms with Gasteiger partial charge < -0.3 is 10.6 Å². The van der Waals surface area contributed by atoms with Crippen molar-refractivity contribution >= 4 is 23.2 Å². The van der Waals surface area contributed by atoms with Gasteiger partial charge in [0.1, 0.15) is 0 Å². The molecule has 1 aromatic rings. The Morgan fingerprint density at radius 2 is 1.71 bits per heavy atom. The smallest absolute Gasteiger partial charge is 0.227 e. The van der Waals surface area contributed by atoms with E-state index in [0.717, 1.165) is 19.3 Å². The summed E-state index contributed by atoms with van der Waals surface area (Å²) in [6, 6.07) is 7.23. The summed E-state index contributed by atoms with van der Waals surface area (Å²) >= 11 is 0. The number of amides is 2. The number of para-hydroxylation sites is 2. The van der Waals surface area contributed by atoms with Crippen molar-refractivity contribution in [1.82, 2.24) is 0 Å². The van der Waals surface area contributed by atoms with Crippen molar-refractivity contribution in [2.75, 3.05) is 10.6 Å². The fraction of sp³-hybridized carbons (Fsp3) is 0.385. The first-order valence-electron chi connectivity index (χ1n) is 5.84. The maximum Gasteiger partial charge on any atom is 0.227 e. The highest BCUT2D eigenvalue weighted by Crippen LogP contribution is 2.29. The SMILES string of the molecule is CC(=O)Nc1ccccc1NC(=O)C1CCC1. The summed E-state index contributed by atoms with van der Waals surface area (Å²) in [5.74, 6) is 0.0461. The zero-order valence-electron chi connectivity index (χ0n) is 9.82. The van der Waals surface area contributed by atoms with Gasteiger partial charge in [0.05, 0.1) is 11.4 Å².